The molecule has 2 nitrogen and oxygen atoms in total. The number of aliphatic hydroxyl groups excluding tert-OH is 1. The van der Waals surface area contributed by atoms with Crippen molar-refractivity contribution in [2.45, 2.75) is 32.1 Å². The molecule has 0 aliphatic heterocycles. The van der Waals surface area contributed by atoms with Crippen LogP contribution in [0.5, 0.6) is 0 Å². The Morgan fingerprint density at radius 1 is 1.18 bits per heavy atom. The second kappa shape index (κ2) is 7.14. The van der Waals surface area contributed by atoms with Crippen LogP contribution in [0.2, 0.25) is 0 Å². The summed E-state index contributed by atoms with van der Waals surface area (Å²) in [4.78, 5) is 0. The van der Waals surface area contributed by atoms with Gasteiger partial charge in [0.2, 0.25) is 0 Å². The third-order valence-corrected chi connectivity index (χ3v) is 3.48. The fourth-order valence-corrected chi connectivity index (χ4v) is 2.03. The lowest BCUT2D eigenvalue weighted by molar-refractivity contribution is 0.283. The smallest absolute Gasteiger partial charge is 0.0431 e. The Morgan fingerprint density at radius 2 is 1.82 bits per heavy atom. The summed E-state index contributed by atoms with van der Waals surface area (Å²) < 4.78 is 1.12. The average Bonchev–Trinajstić information content (AvgIpc) is 2.29. The summed E-state index contributed by atoms with van der Waals surface area (Å²) in [5.41, 5.74) is 1.48. The van der Waals surface area contributed by atoms with Gasteiger partial charge < -0.3 is 10.4 Å². The molecule has 0 aliphatic carbocycles. The van der Waals surface area contributed by atoms with Crippen LogP contribution in [0.15, 0.2) is 28.7 Å². The summed E-state index contributed by atoms with van der Waals surface area (Å²) in [7, 11) is 0. The van der Waals surface area contributed by atoms with Gasteiger partial charge in [0, 0.05) is 23.0 Å². The molecule has 3 heteroatoms. The molecule has 96 valence electrons. The first-order chi connectivity index (χ1) is 8.06. The van der Waals surface area contributed by atoms with E-state index in [4.69, 9.17) is 5.11 Å². The lowest BCUT2D eigenvalue weighted by Gasteiger charge is -2.26. The predicted octanol–water partition coefficient (Wildman–Crippen LogP) is 3.09. The molecular formula is C14H22BrNO. The minimum absolute atomic E-state index is 0.139. The van der Waals surface area contributed by atoms with Crippen LogP contribution in [0.25, 0.3) is 0 Å². The van der Waals surface area contributed by atoms with E-state index in [-0.39, 0.29) is 12.0 Å². The maximum absolute atomic E-state index is 8.70. The molecule has 1 aromatic carbocycles. The van der Waals surface area contributed by atoms with Crippen LogP contribution in [0.4, 0.5) is 0 Å². The molecule has 0 unspecified atom stereocenters. The van der Waals surface area contributed by atoms with Crippen molar-refractivity contribution < 1.29 is 5.11 Å². The number of aliphatic hydroxyl groups is 1. The van der Waals surface area contributed by atoms with Gasteiger partial charge in [-0.2, -0.15) is 0 Å². The Morgan fingerprint density at radius 3 is 2.41 bits per heavy atom. The summed E-state index contributed by atoms with van der Waals surface area (Å²) in [6.07, 6.45) is 1.92. The zero-order valence-electron chi connectivity index (χ0n) is 10.7. The van der Waals surface area contributed by atoms with Crippen LogP contribution in [0, 0.1) is 0 Å². The Hall–Kier alpha value is -0.380. The minimum Gasteiger partial charge on any atom is -0.396 e. The molecule has 0 saturated heterocycles. The SMILES string of the molecule is CC(C)(CNCCCCO)c1ccc(Br)cc1. The average molecular weight is 300 g/mol. The van der Waals surface area contributed by atoms with E-state index in [2.05, 4.69) is 59.4 Å². The van der Waals surface area contributed by atoms with Crippen molar-refractivity contribution in [2.75, 3.05) is 19.7 Å². The molecule has 0 aliphatic rings. The van der Waals surface area contributed by atoms with E-state index >= 15 is 0 Å². The normalized spacial score (nSPS) is 11.8. The van der Waals surface area contributed by atoms with Gasteiger partial charge in [0.25, 0.3) is 0 Å². The van der Waals surface area contributed by atoms with E-state index in [0.29, 0.717) is 0 Å². The maximum Gasteiger partial charge on any atom is 0.0431 e. The Kier molecular flexibility index (Phi) is 6.17. The van der Waals surface area contributed by atoms with E-state index in [9.17, 15) is 0 Å². The summed E-state index contributed by atoms with van der Waals surface area (Å²) in [5.74, 6) is 0. The van der Waals surface area contributed by atoms with Gasteiger partial charge in [-0.1, -0.05) is 41.9 Å². The van der Waals surface area contributed by atoms with Crippen LogP contribution >= 0.6 is 15.9 Å². The predicted molar refractivity (Wildman–Crippen MR) is 76.4 cm³/mol. The molecule has 0 aromatic heterocycles. The first-order valence-corrected chi connectivity index (χ1v) is 6.93. The molecule has 0 spiro atoms. The van der Waals surface area contributed by atoms with Crippen molar-refractivity contribution in [3.63, 3.8) is 0 Å². The van der Waals surface area contributed by atoms with Crippen molar-refractivity contribution in [3.05, 3.63) is 34.3 Å². The van der Waals surface area contributed by atoms with Crippen LogP contribution in [-0.2, 0) is 5.41 Å². The number of nitrogens with one attached hydrogen (secondary N) is 1. The van der Waals surface area contributed by atoms with Gasteiger partial charge in [0.1, 0.15) is 0 Å². The molecule has 0 amide bonds. The summed E-state index contributed by atoms with van der Waals surface area (Å²) in [6.45, 7) is 6.71. The third-order valence-electron chi connectivity index (χ3n) is 2.95. The van der Waals surface area contributed by atoms with E-state index in [0.717, 1.165) is 30.4 Å². The van der Waals surface area contributed by atoms with Gasteiger partial charge in [0.05, 0.1) is 0 Å². The standard InChI is InChI=1S/C14H22BrNO/c1-14(2,11-16-9-3-4-10-17)12-5-7-13(15)8-6-12/h5-8,16-17H,3-4,9-11H2,1-2H3. The molecule has 0 heterocycles. The van der Waals surface area contributed by atoms with E-state index in [1.165, 1.54) is 5.56 Å². The van der Waals surface area contributed by atoms with Gasteiger partial charge in [-0.25, -0.2) is 0 Å². The van der Waals surface area contributed by atoms with Crippen LogP contribution in [0.1, 0.15) is 32.3 Å². The van der Waals surface area contributed by atoms with Gasteiger partial charge in [-0.15, -0.1) is 0 Å². The van der Waals surface area contributed by atoms with Gasteiger partial charge in [-0.3, -0.25) is 0 Å². The third kappa shape index (κ3) is 5.19. The van der Waals surface area contributed by atoms with Crippen molar-refractivity contribution in [2.24, 2.45) is 0 Å². The van der Waals surface area contributed by atoms with Gasteiger partial charge in [0.15, 0.2) is 0 Å². The molecule has 2 N–H and O–H groups in total. The minimum atomic E-state index is 0.139. The number of benzene rings is 1. The molecule has 0 radical (unpaired) electrons. The second-order valence-corrected chi connectivity index (χ2v) is 5.91. The van der Waals surface area contributed by atoms with Crippen molar-refractivity contribution in [3.8, 4) is 0 Å². The lowest BCUT2D eigenvalue weighted by atomic mass is 9.84. The summed E-state index contributed by atoms with van der Waals surface area (Å²) in [5, 5.41) is 12.1. The van der Waals surface area contributed by atoms with Gasteiger partial charge in [-0.05, 0) is 37.1 Å². The molecule has 1 aromatic rings. The first-order valence-electron chi connectivity index (χ1n) is 6.14. The van der Waals surface area contributed by atoms with E-state index in [1.807, 2.05) is 0 Å². The van der Waals surface area contributed by atoms with Crippen LogP contribution in [0.3, 0.4) is 0 Å². The molecule has 0 fully saturated rings. The number of halogens is 1. The van der Waals surface area contributed by atoms with Crippen LogP contribution < -0.4 is 5.32 Å². The number of hydrogen-bond acceptors (Lipinski definition) is 2. The number of rotatable bonds is 7. The van der Waals surface area contributed by atoms with Crippen molar-refractivity contribution >= 4 is 15.9 Å². The maximum atomic E-state index is 8.70. The molecule has 1 rings (SSSR count). The van der Waals surface area contributed by atoms with E-state index < -0.39 is 0 Å². The Labute approximate surface area is 113 Å². The highest BCUT2D eigenvalue weighted by atomic mass is 79.9. The molecule has 0 atom stereocenters. The Balaban J connectivity index is 2.42. The highest BCUT2D eigenvalue weighted by molar-refractivity contribution is 9.10. The monoisotopic (exact) mass is 299 g/mol. The zero-order valence-corrected chi connectivity index (χ0v) is 12.3. The second-order valence-electron chi connectivity index (χ2n) is 5.00. The molecule has 0 bridgehead atoms. The number of unbranched alkanes of at least 4 members (excludes halogenated alkanes) is 1. The highest BCUT2D eigenvalue weighted by Crippen LogP contribution is 2.23. The molecule has 0 saturated carbocycles. The fraction of sp³-hybridized carbons (Fsp3) is 0.571. The Bertz CT molecular complexity index is 321. The topological polar surface area (TPSA) is 32.3 Å². The van der Waals surface area contributed by atoms with Crippen LogP contribution in [-0.4, -0.2) is 24.8 Å². The number of hydrogen-bond donors (Lipinski definition) is 2. The quantitative estimate of drug-likeness (QED) is 0.759. The van der Waals surface area contributed by atoms with E-state index in [1.54, 1.807) is 0 Å². The zero-order chi connectivity index (χ0) is 12.7. The van der Waals surface area contributed by atoms with Crippen molar-refractivity contribution in [1.29, 1.82) is 0 Å². The fourth-order valence-electron chi connectivity index (χ4n) is 1.77. The summed E-state index contributed by atoms with van der Waals surface area (Å²) in [6, 6.07) is 8.50. The molecular weight excluding hydrogens is 278 g/mol. The lowest BCUT2D eigenvalue weighted by Crippen LogP contribution is -2.33. The summed E-state index contributed by atoms with van der Waals surface area (Å²) >= 11 is 3.45. The highest BCUT2D eigenvalue weighted by Gasteiger charge is 2.19. The van der Waals surface area contributed by atoms with Crippen molar-refractivity contribution in [1.82, 2.24) is 5.32 Å². The first kappa shape index (κ1) is 14.7. The molecule has 17 heavy (non-hydrogen) atoms. The van der Waals surface area contributed by atoms with Gasteiger partial charge >= 0.3 is 0 Å². The largest absolute Gasteiger partial charge is 0.396 e.